The Bertz CT molecular complexity index is 345. The number of pyridine rings is 1. The summed E-state index contributed by atoms with van der Waals surface area (Å²) in [6.45, 7) is 0. The smallest absolute Gasteiger partial charge is 0.239 e. The van der Waals surface area contributed by atoms with Gasteiger partial charge in [-0.15, -0.1) is 0 Å². The Labute approximate surface area is 61.9 Å². The van der Waals surface area contributed by atoms with Gasteiger partial charge in [-0.3, -0.25) is 0 Å². The zero-order valence-corrected chi connectivity index (χ0v) is 5.98. The van der Waals surface area contributed by atoms with E-state index in [1.807, 2.05) is 0 Å². The van der Waals surface area contributed by atoms with E-state index in [0.29, 0.717) is 6.20 Å². The highest BCUT2D eigenvalue weighted by Crippen LogP contribution is 2.07. The van der Waals surface area contributed by atoms with Crippen molar-refractivity contribution in [1.82, 2.24) is 4.98 Å². The first-order valence-corrected chi connectivity index (χ1v) is 3.95. The summed E-state index contributed by atoms with van der Waals surface area (Å²) in [5, 5.41) is -0.779. The number of nitrogens with zero attached hydrogens (tertiary/aromatic N) is 1. The van der Waals surface area contributed by atoms with Crippen LogP contribution >= 0.6 is 0 Å². The van der Waals surface area contributed by atoms with Crippen molar-refractivity contribution in [3.63, 3.8) is 0 Å². The fraction of sp³-hybridized carbons (Fsp3) is 0. The summed E-state index contributed by atoms with van der Waals surface area (Å²) in [5.74, 6) is -0.711. The first kappa shape index (κ1) is 8.06. The lowest BCUT2D eigenvalue weighted by atomic mass is 10.5. The van der Waals surface area contributed by atoms with E-state index in [-0.39, 0.29) is 0 Å². The molecule has 0 amide bonds. The van der Waals surface area contributed by atoms with Crippen LogP contribution in [0, 0.1) is 5.82 Å². The van der Waals surface area contributed by atoms with Gasteiger partial charge < -0.3 is 0 Å². The third-order valence-corrected chi connectivity index (χ3v) is 1.69. The van der Waals surface area contributed by atoms with Gasteiger partial charge in [-0.1, -0.05) is 3.89 Å². The molecule has 1 rings (SSSR count). The summed E-state index contributed by atoms with van der Waals surface area (Å²) in [5.41, 5.74) is 0. The summed E-state index contributed by atoms with van der Waals surface area (Å²) in [6, 6.07) is 1.57. The van der Waals surface area contributed by atoms with Gasteiger partial charge in [-0.2, -0.15) is 8.42 Å². The average molecular weight is 179 g/mol. The zero-order valence-electron chi connectivity index (χ0n) is 5.16. The van der Waals surface area contributed by atoms with Crippen molar-refractivity contribution in [1.29, 1.82) is 0 Å². The molecule has 3 nitrogen and oxygen atoms in total. The van der Waals surface area contributed by atoms with Crippen molar-refractivity contribution in [2.75, 3.05) is 0 Å². The largest absolute Gasteiger partial charge is 0.349 e. The van der Waals surface area contributed by atoms with Crippen LogP contribution < -0.4 is 0 Å². The van der Waals surface area contributed by atoms with E-state index >= 15 is 0 Å². The maximum absolute atomic E-state index is 12.1. The Hall–Kier alpha value is -1.04. The predicted molar refractivity (Wildman–Crippen MR) is 32.5 cm³/mol. The molecule has 11 heavy (non-hydrogen) atoms. The zero-order chi connectivity index (χ0) is 8.48. The van der Waals surface area contributed by atoms with Gasteiger partial charge in [0.1, 0.15) is 5.82 Å². The van der Waals surface area contributed by atoms with E-state index < -0.39 is 21.1 Å². The number of hydrogen-bond donors (Lipinski definition) is 0. The summed E-state index contributed by atoms with van der Waals surface area (Å²) in [4.78, 5) is 3.01. The highest BCUT2D eigenvalue weighted by Gasteiger charge is 2.12. The minimum Gasteiger partial charge on any atom is -0.239 e. The third kappa shape index (κ3) is 1.94. The van der Waals surface area contributed by atoms with Crippen LogP contribution in [0.15, 0.2) is 23.4 Å². The molecule has 1 heterocycles. The van der Waals surface area contributed by atoms with Crippen LogP contribution in [0.4, 0.5) is 8.28 Å². The molecule has 0 saturated heterocycles. The summed E-state index contributed by atoms with van der Waals surface area (Å²) >= 11 is 0. The molecule has 0 aromatic carbocycles. The number of halogens is 2. The predicted octanol–water partition coefficient (Wildman–Crippen LogP) is 0.879. The fourth-order valence-electron chi connectivity index (χ4n) is 0.506. The van der Waals surface area contributed by atoms with Crippen LogP contribution in [0.2, 0.25) is 0 Å². The van der Waals surface area contributed by atoms with Crippen molar-refractivity contribution in [3.8, 4) is 0 Å². The van der Waals surface area contributed by atoms with Crippen molar-refractivity contribution in [3.05, 3.63) is 24.1 Å². The van der Waals surface area contributed by atoms with Gasteiger partial charge in [0.2, 0.25) is 0 Å². The first-order valence-electron chi connectivity index (χ1n) is 2.56. The molecule has 6 heteroatoms. The van der Waals surface area contributed by atoms with Crippen LogP contribution in [0.5, 0.6) is 0 Å². The van der Waals surface area contributed by atoms with Gasteiger partial charge in [0.25, 0.3) is 0 Å². The lowest BCUT2D eigenvalue weighted by molar-refractivity contribution is 0.546. The maximum Gasteiger partial charge on any atom is 0.349 e. The maximum atomic E-state index is 12.1. The number of aromatic nitrogens is 1. The van der Waals surface area contributed by atoms with Crippen LogP contribution in [-0.2, 0) is 10.2 Å². The molecule has 0 atom stereocenters. The molecule has 0 fully saturated rings. The molecular weight excluding hydrogens is 176 g/mol. The van der Waals surface area contributed by atoms with Crippen molar-refractivity contribution >= 4 is 10.2 Å². The molecule has 0 bridgehead atoms. The molecule has 60 valence electrons. The first-order chi connectivity index (χ1) is 5.00. The monoisotopic (exact) mass is 179 g/mol. The summed E-state index contributed by atoms with van der Waals surface area (Å²) in [6.07, 6.45) is 0.631. The lowest BCUT2D eigenvalue weighted by Gasteiger charge is -1.90. The molecule has 0 spiro atoms. The molecule has 1 aromatic heterocycles. The fourth-order valence-corrected chi connectivity index (χ4v) is 0.916. The Morgan fingerprint density at radius 3 is 2.36 bits per heavy atom. The van der Waals surface area contributed by atoms with E-state index in [1.54, 1.807) is 0 Å². The van der Waals surface area contributed by atoms with E-state index in [9.17, 15) is 16.7 Å². The van der Waals surface area contributed by atoms with Crippen LogP contribution in [0.25, 0.3) is 0 Å². The van der Waals surface area contributed by atoms with Gasteiger partial charge in [0, 0.05) is 0 Å². The van der Waals surface area contributed by atoms with Crippen molar-refractivity contribution in [2.24, 2.45) is 0 Å². The Morgan fingerprint density at radius 1 is 1.36 bits per heavy atom. The van der Waals surface area contributed by atoms with Crippen LogP contribution in [-0.4, -0.2) is 13.4 Å². The molecule has 0 unspecified atom stereocenters. The van der Waals surface area contributed by atoms with Gasteiger partial charge in [-0.25, -0.2) is 9.37 Å². The second-order valence-corrected chi connectivity index (χ2v) is 3.05. The van der Waals surface area contributed by atoms with E-state index in [2.05, 4.69) is 4.98 Å². The highest BCUT2D eigenvalue weighted by atomic mass is 32.3. The quantitative estimate of drug-likeness (QED) is 0.601. The number of rotatable bonds is 1. The van der Waals surface area contributed by atoms with Gasteiger partial charge in [0.15, 0.2) is 5.03 Å². The van der Waals surface area contributed by atoms with Crippen molar-refractivity contribution in [2.45, 2.75) is 5.03 Å². The van der Waals surface area contributed by atoms with Gasteiger partial charge in [0.05, 0.1) is 6.20 Å². The average Bonchev–Trinajstić information content (AvgIpc) is 1.86. The second-order valence-electron chi connectivity index (χ2n) is 1.75. The molecule has 0 saturated carbocycles. The topological polar surface area (TPSA) is 47.0 Å². The van der Waals surface area contributed by atoms with Gasteiger partial charge >= 0.3 is 10.2 Å². The molecule has 0 radical (unpaired) electrons. The van der Waals surface area contributed by atoms with E-state index in [1.165, 1.54) is 0 Å². The van der Waals surface area contributed by atoms with E-state index in [0.717, 1.165) is 12.1 Å². The molecule has 0 aliphatic heterocycles. The molecule has 0 aliphatic carbocycles. The normalized spacial score (nSPS) is 11.5. The minimum atomic E-state index is -4.80. The Morgan fingerprint density at radius 2 is 2.00 bits per heavy atom. The molecule has 1 aromatic rings. The molecule has 0 aliphatic rings. The highest BCUT2D eigenvalue weighted by molar-refractivity contribution is 7.86. The molecule has 0 N–H and O–H groups in total. The summed E-state index contributed by atoms with van der Waals surface area (Å²) < 4.78 is 44.3. The Balaban J connectivity index is 3.20. The molecular formula is C5H3F2NO2S. The van der Waals surface area contributed by atoms with Crippen LogP contribution in [0.3, 0.4) is 0 Å². The standard InChI is InChI=1S/C5H3F2NO2S/c6-4-1-2-5(8-3-4)11(7,9)10/h1-3H. The van der Waals surface area contributed by atoms with Gasteiger partial charge in [-0.05, 0) is 12.1 Å². The second kappa shape index (κ2) is 2.54. The Kier molecular flexibility index (Phi) is 1.86. The summed E-state index contributed by atoms with van der Waals surface area (Å²) in [7, 11) is -4.80. The third-order valence-electron chi connectivity index (χ3n) is 0.950. The van der Waals surface area contributed by atoms with Crippen molar-refractivity contribution < 1.29 is 16.7 Å². The number of hydrogen-bond acceptors (Lipinski definition) is 3. The lowest BCUT2D eigenvalue weighted by Crippen LogP contribution is -1.95. The van der Waals surface area contributed by atoms with E-state index in [4.69, 9.17) is 0 Å². The SMILES string of the molecule is O=S(=O)(F)c1ccc(F)cn1. The van der Waals surface area contributed by atoms with Crippen LogP contribution in [0.1, 0.15) is 0 Å². The minimum absolute atomic E-state index is 0.631.